The van der Waals surface area contributed by atoms with Crippen molar-refractivity contribution in [3.8, 4) is 22.7 Å². The van der Waals surface area contributed by atoms with Crippen LogP contribution in [0.15, 0.2) is 68.7 Å². The van der Waals surface area contributed by atoms with Crippen LogP contribution in [0.25, 0.3) is 33.7 Å². The van der Waals surface area contributed by atoms with Gasteiger partial charge in [-0.1, -0.05) is 73.2 Å². The normalized spacial score (nSPS) is 11.6. The minimum atomic E-state index is 0.413. The second-order valence-electron chi connectivity index (χ2n) is 8.34. The van der Waals surface area contributed by atoms with Gasteiger partial charge in [-0.3, -0.25) is 0 Å². The average molecular weight is 460 g/mol. The number of aromatic nitrogens is 5. The highest BCUT2D eigenvalue weighted by atomic mass is 32.2. The zero-order chi connectivity index (χ0) is 22.8. The lowest BCUT2D eigenvalue weighted by atomic mass is 10.1. The zero-order valence-electron chi connectivity index (χ0n) is 18.9. The molecule has 3 aromatic heterocycles. The first kappa shape index (κ1) is 21.5. The van der Waals surface area contributed by atoms with Gasteiger partial charge in [0.25, 0.3) is 5.89 Å². The van der Waals surface area contributed by atoms with Crippen LogP contribution in [0.4, 0.5) is 0 Å². The fourth-order valence-electron chi connectivity index (χ4n) is 3.72. The molecular weight excluding hydrogens is 434 g/mol. The summed E-state index contributed by atoms with van der Waals surface area (Å²) < 4.78 is 13.8. The van der Waals surface area contributed by atoms with Crippen molar-refractivity contribution >= 4 is 22.8 Å². The van der Waals surface area contributed by atoms with E-state index < -0.39 is 0 Å². The van der Waals surface area contributed by atoms with Gasteiger partial charge in [0.1, 0.15) is 17.0 Å². The van der Waals surface area contributed by atoms with E-state index in [1.54, 1.807) is 11.8 Å². The molecule has 3 heterocycles. The topological polar surface area (TPSA) is 82.8 Å². The maximum absolute atomic E-state index is 6.02. The van der Waals surface area contributed by atoms with E-state index in [0.717, 1.165) is 40.3 Å². The third-order valence-electron chi connectivity index (χ3n) is 5.46. The number of para-hydroxylation sites is 2. The van der Waals surface area contributed by atoms with E-state index >= 15 is 0 Å². The lowest BCUT2D eigenvalue weighted by Crippen LogP contribution is -2.03. The Hall–Kier alpha value is -3.39. The number of benzene rings is 2. The van der Waals surface area contributed by atoms with Gasteiger partial charge in [-0.25, -0.2) is 4.98 Å². The van der Waals surface area contributed by atoms with E-state index in [1.165, 1.54) is 0 Å². The molecule has 33 heavy (non-hydrogen) atoms. The standard InChI is InChI=1S/C25H25N5O2S/c1-16(2)13-14-30-20-12-8-7-11-19(20)26-25(30)33-15-21-27-28-24(31-21)22-17(3)32-29-23(22)18-9-5-4-6-10-18/h4-12,16H,13-15H2,1-3H3. The molecule has 0 saturated carbocycles. The van der Waals surface area contributed by atoms with Gasteiger partial charge in [-0.2, -0.15) is 0 Å². The third kappa shape index (κ3) is 4.43. The second kappa shape index (κ2) is 9.23. The number of imidazole rings is 1. The molecule has 0 amide bonds. The number of hydrogen-bond acceptors (Lipinski definition) is 7. The van der Waals surface area contributed by atoms with E-state index in [2.05, 4.69) is 52.0 Å². The van der Waals surface area contributed by atoms with E-state index in [-0.39, 0.29) is 0 Å². The van der Waals surface area contributed by atoms with Crippen molar-refractivity contribution in [2.24, 2.45) is 5.92 Å². The highest BCUT2D eigenvalue weighted by Gasteiger charge is 2.22. The summed E-state index contributed by atoms with van der Waals surface area (Å²) in [5.74, 6) is 2.75. The number of fused-ring (bicyclic) bond motifs is 1. The van der Waals surface area contributed by atoms with Gasteiger partial charge in [0.05, 0.1) is 16.8 Å². The molecule has 0 aliphatic rings. The van der Waals surface area contributed by atoms with Crippen LogP contribution in [-0.4, -0.2) is 24.9 Å². The van der Waals surface area contributed by atoms with Gasteiger partial charge >= 0.3 is 0 Å². The molecule has 0 fully saturated rings. The first-order valence-corrected chi connectivity index (χ1v) is 12.0. The van der Waals surface area contributed by atoms with E-state index in [4.69, 9.17) is 13.9 Å². The fourth-order valence-corrected chi connectivity index (χ4v) is 4.60. The summed E-state index contributed by atoms with van der Waals surface area (Å²) >= 11 is 1.61. The Balaban J connectivity index is 1.39. The largest absolute Gasteiger partial charge is 0.420 e. The van der Waals surface area contributed by atoms with Crippen LogP contribution in [0.1, 0.15) is 31.9 Å². The Morgan fingerprint density at radius 3 is 2.61 bits per heavy atom. The predicted molar refractivity (Wildman–Crippen MR) is 129 cm³/mol. The summed E-state index contributed by atoms with van der Waals surface area (Å²) in [6, 6.07) is 18.1. The fraction of sp³-hybridized carbons (Fsp3) is 0.280. The van der Waals surface area contributed by atoms with Crippen LogP contribution in [-0.2, 0) is 12.3 Å². The molecule has 2 aromatic carbocycles. The molecule has 0 N–H and O–H groups in total. The number of aryl methyl sites for hydroxylation is 2. The predicted octanol–water partition coefficient (Wildman–Crippen LogP) is 6.39. The zero-order valence-corrected chi connectivity index (χ0v) is 19.7. The molecule has 168 valence electrons. The molecule has 5 aromatic rings. The van der Waals surface area contributed by atoms with Gasteiger partial charge in [0.2, 0.25) is 5.89 Å². The van der Waals surface area contributed by atoms with Crippen molar-refractivity contribution in [3.05, 3.63) is 66.2 Å². The van der Waals surface area contributed by atoms with Crippen molar-refractivity contribution in [2.75, 3.05) is 0 Å². The molecule has 0 atom stereocenters. The second-order valence-corrected chi connectivity index (χ2v) is 9.28. The maximum Gasteiger partial charge on any atom is 0.253 e. The number of rotatable bonds is 8. The van der Waals surface area contributed by atoms with Gasteiger partial charge in [0, 0.05) is 12.1 Å². The molecule has 0 unspecified atom stereocenters. The van der Waals surface area contributed by atoms with Crippen LogP contribution >= 0.6 is 11.8 Å². The van der Waals surface area contributed by atoms with Crippen LogP contribution in [0, 0.1) is 12.8 Å². The molecule has 5 rings (SSSR count). The molecule has 0 bridgehead atoms. The van der Waals surface area contributed by atoms with Crippen molar-refractivity contribution < 1.29 is 8.94 Å². The molecule has 0 saturated heterocycles. The van der Waals surface area contributed by atoms with Crippen molar-refractivity contribution in [1.82, 2.24) is 24.9 Å². The summed E-state index contributed by atoms with van der Waals surface area (Å²) in [6.07, 6.45) is 1.09. The third-order valence-corrected chi connectivity index (χ3v) is 6.43. The smallest absolute Gasteiger partial charge is 0.253 e. The lowest BCUT2D eigenvalue weighted by molar-refractivity contribution is 0.399. The minimum absolute atomic E-state index is 0.413. The highest BCUT2D eigenvalue weighted by molar-refractivity contribution is 7.98. The highest BCUT2D eigenvalue weighted by Crippen LogP contribution is 2.34. The Bertz CT molecular complexity index is 1370. The molecule has 7 nitrogen and oxygen atoms in total. The maximum atomic E-state index is 6.02. The van der Waals surface area contributed by atoms with E-state index in [0.29, 0.717) is 34.9 Å². The molecule has 0 aliphatic carbocycles. The number of hydrogen-bond donors (Lipinski definition) is 0. The Morgan fingerprint density at radius 2 is 1.79 bits per heavy atom. The average Bonchev–Trinajstić information content (AvgIpc) is 3.53. The minimum Gasteiger partial charge on any atom is -0.420 e. The Labute approximate surface area is 196 Å². The van der Waals surface area contributed by atoms with Gasteiger partial charge in [-0.15, -0.1) is 10.2 Å². The van der Waals surface area contributed by atoms with Crippen LogP contribution < -0.4 is 0 Å². The summed E-state index contributed by atoms with van der Waals surface area (Å²) in [6.45, 7) is 7.25. The van der Waals surface area contributed by atoms with Crippen LogP contribution in [0.2, 0.25) is 0 Å². The molecular formula is C25H25N5O2S. The van der Waals surface area contributed by atoms with Crippen LogP contribution in [0.5, 0.6) is 0 Å². The molecule has 8 heteroatoms. The van der Waals surface area contributed by atoms with E-state index in [1.807, 2.05) is 43.3 Å². The van der Waals surface area contributed by atoms with Gasteiger partial charge < -0.3 is 13.5 Å². The summed E-state index contributed by atoms with van der Waals surface area (Å²) in [7, 11) is 0. The SMILES string of the molecule is Cc1onc(-c2ccccc2)c1-c1nnc(CSc2nc3ccccc3n2CCC(C)C)o1. The van der Waals surface area contributed by atoms with E-state index in [9.17, 15) is 0 Å². The van der Waals surface area contributed by atoms with Gasteiger partial charge in [-0.05, 0) is 31.4 Å². The number of nitrogens with zero attached hydrogens (tertiary/aromatic N) is 5. The van der Waals surface area contributed by atoms with Crippen molar-refractivity contribution in [2.45, 2.75) is 44.6 Å². The number of thioether (sulfide) groups is 1. The Kier molecular flexibility index (Phi) is 6.00. The summed E-state index contributed by atoms with van der Waals surface area (Å²) in [5, 5.41) is 13.7. The summed E-state index contributed by atoms with van der Waals surface area (Å²) in [5.41, 5.74) is 4.53. The first-order valence-electron chi connectivity index (χ1n) is 11.0. The quantitative estimate of drug-likeness (QED) is 0.249. The monoisotopic (exact) mass is 459 g/mol. The Morgan fingerprint density at radius 1 is 1.00 bits per heavy atom. The lowest BCUT2D eigenvalue weighted by Gasteiger charge is -2.10. The molecule has 0 radical (unpaired) electrons. The molecule has 0 aliphatic heterocycles. The van der Waals surface area contributed by atoms with Crippen molar-refractivity contribution in [1.29, 1.82) is 0 Å². The first-order chi connectivity index (χ1) is 16.1. The van der Waals surface area contributed by atoms with Crippen LogP contribution in [0.3, 0.4) is 0 Å². The van der Waals surface area contributed by atoms with Crippen molar-refractivity contribution in [3.63, 3.8) is 0 Å². The summed E-state index contributed by atoms with van der Waals surface area (Å²) in [4.78, 5) is 4.84. The van der Waals surface area contributed by atoms with Gasteiger partial charge in [0.15, 0.2) is 5.16 Å². The molecule has 0 spiro atoms.